The van der Waals surface area contributed by atoms with Crippen molar-refractivity contribution in [3.05, 3.63) is 45.1 Å². The first kappa shape index (κ1) is 18.4. The molecule has 2 aromatic heterocycles. The van der Waals surface area contributed by atoms with Crippen LogP contribution < -0.4 is 10.5 Å². The number of thiazole rings is 1. The lowest BCUT2D eigenvalue weighted by Crippen LogP contribution is -2.23. The molecule has 1 amide bonds. The molecule has 0 radical (unpaired) electrons. The second kappa shape index (κ2) is 6.74. The van der Waals surface area contributed by atoms with Crippen molar-refractivity contribution in [1.29, 1.82) is 0 Å². The monoisotopic (exact) mass is 374 g/mol. The maximum atomic E-state index is 12.0. The number of nitrogens with zero attached hydrogens (tertiary/aromatic N) is 1. The summed E-state index contributed by atoms with van der Waals surface area (Å²) in [5.74, 6) is 0.490. The Hall–Kier alpha value is -2.38. The second-order valence-electron chi connectivity index (χ2n) is 6.95. The molecular formula is C19H22N2O4S. The van der Waals surface area contributed by atoms with Gasteiger partial charge < -0.3 is 20.0 Å². The molecule has 0 fully saturated rings. The van der Waals surface area contributed by atoms with Gasteiger partial charge >= 0.3 is 0 Å². The van der Waals surface area contributed by atoms with Gasteiger partial charge in [0.15, 0.2) is 0 Å². The van der Waals surface area contributed by atoms with E-state index in [0.29, 0.717) is 46.6 Å². The van der Waals surface area contributed by atoms with Crippen LogP contribution in [0.2, 0.25) is 0 Å². The highest BCUT2D eigenvalue weighted by Gasteiger charge is 2.25. The lowest BCUT2D eigenvalue weighted by Gasteiger charge is -2.20. The summed E-state index contributed by atoms with van der Waals surface area (Å²) >= 11 is 1.53. The molecule has 3 N–H and O–H groups in total. The van der Waals surface area contributed by atoms with E-state index in [-0.39, 0.29) is 0 Å². The molecule has 0 spiro atoms. The normalized spacial score (nSPS) is 11.9. The van der Waals surface area contributed by atoms with Gasteiger partial charge in [0.1, 0.15) is 23.7 Å². The van der Waals surface area contributed by atoms with Crippen molar-refractivity contribution in [2.75, 3.05) is 0 Å². The van der Waals surface area contributed by atoms with Crippen LogP contribution in [-0.4, -0.2) is 21.6 Å². The van der Waals surface area contributed by atoms with E-state index in [4.69, 9.17) is 14.9 Å². The first-order valence-corrected chi connectivity index (χ1v) is 9.14. The third-order valence-corrected chi connectivity index (χ3v) is 5.06. The van der Waals surface area contributed by atoms with Crippen molar-refractivity contribution in [1.82, 2.24) is 4.98 Å². The van der Waals surface area contributed by atoms with E-state index >= 15 is 0 Å². The van der Waals surface area contributed by atoms with Gasteiger partial charge in [-0.1, -0.05) is 0 Å². The SMILES string of the molecule is Cc1ncsc1COc1ccc2oc(C)c(C(N)=O)c2c1CC(C)(C)O. The summed E-state index contributed by atoms with van der Waals surface area (Å²) in [7, 11) is 0. The largest absolute Gasteiger partial charge is 0.488 e. The Balaban J connectivity index is 2.12. The van der Waals surface area contributed by atoms with Crippen molar-refractivity contribution in [3.63, 3.8) is 0 Å². The molecule has 0 aliphatic carbocycles. The van der Waals surface area contributed by atoms with Crippen molar-refractivity contribution >= 4 is 28.2 Å². The molecule has 26 heavy (non-hydrogen) atoms. The van der Waals surface area contributed by atoms with Crippen LogP contribution in [0.5, 0.6) is 5.75 Å². The Morgan fingerprint density at radius 1 is 1.38 bits per heavy atom. The molecule has 0 bridgehead atoms. The first-order chi connectivity index (χ1) is 12.2. The molecule has 0 saturated carbocycles. The number of furan rings is 1. The summed E-state index contributed by atoms with van der Waals surface area (Å²) in [4.78, 5) is 17.2. The predicted molar refractivity (Wildman–Crippen MR) is 101 cm³/mol. The minimum atomic E-state index is -0.993. The number of amides is 1. The van der Waals surface area contributed by atoms with E-state index in [2.05, 4.69) is 4.98 Å². The molecule has 0 aliphatic heterocycles. The molecule has 0 atom stereocenters. The third-order valence-electron chi connectivity index (χ3n) is 4.16. The third kappa shape index (κ3) is 3.59. The quantitative estimate of drug-likeness (QED) is 0.688. The molecule has 3 rings (SSSR count). The van der Waals surface area contributed by atoms with Crippen LogP contribution in [0.3, 0.4) is 0 Å². The molecule has 2 heterocycles. The Labute approximate surface area is 155 Å². The number of benzene rings is 1. The van der Waals surface area contributed by atoms with Crippen LogP contribution in [0.4, 0.5) is 0 Å². The van der Waals surface area contributed by atoms with E-state index in [1.165, 1.54) is 11.3 Å². The van der Waals surface area contributed by atoms with E-state index in [1.807, 2.05) is 6.92 Å². The van der Waals surface area contributed by atoms with Crippen LogP contribution in [0.1, 0.15) is 46.1 Å². The number of aliphatic hydroxyl groups is 1. The summed E-state index contributed by atoms with van der Waals surface area (Å²) in [6.45, 7) is 7.42. The van der Waals surface area contributed by atoms with Crippen molar-refractivity contribution in [2.45, 2.75) is 46.3 Å². The number of ether oxygens (including phenoxy) is 1. The minimum absolute atomic E-state index is 0.292. The molecule has 0 unspecified atom stereocenters. The van der Waals surface area contributed by atoms with E-state index in [9.17, 15) is 9.90 Å². The average molecular weight is 374 g/mol. The Morgan fingerprint density at radius 3 is 2.69 bits per heavy atom. The topological polar surface area (TPSA) is 98.6 Å². The number of aromatic nitrogens is 1. The number of nitrogens with two attached hydrogens (primary N) is 1. The van der Waals surface area contributed by atoms with Gasteiger partial charge in [0, 0.05) is 17.4 Å². The summed E-state index contributed by atoms with van der Waals surface area (Å²) < 4.78 is 11.7. The molecule has 1 aromatic carbocycles. The van der Waals surface area contributed by atoms with Crippen LogP contribution in [0.15, 0.2) is 22.1 Å². The number of rotatable bonds is 6. The maximum absolute atomic E-state index is 12.0. The average Bonchev–Trinajstić information content (AvgIpc) is 3.07. The Bertz CT molecular complexity index is 966. The van der Waals surface area contributed by atoms with Crippen LogP contribution in [-0.2, 0) is 13.0 Å². The second-order valence-corrected chi connectivity index (χ2v) is 7.89. The fourth-order valence-electron chi connectivity index (χ4n) is 3.01. The van der Waals surface area contributed by atoms with E-state index < -0.39 is 11.5 Å². The molecule has 0 aliphatic rings. The number of primary amides is 1. The molecule has 7 heteroatoms. The van der Waals surface area contributed by atoms with Gasteiger partial charge in [-0.3, -0.25) is 4.79 Å². The summed E-state index contributed by atoms with van der Waals surface area (Å²) in [5.41, 5.74) is 8.88. The number of hydrogen-bond donors (Lipinski definition) is 2. The highest BCUT2D eigenvalue weighted by Crippen LogP contribution is 2.36. The Kier molecular flexibility index (Phi) is 4.77. The molecule has 138 valence electrons. The zero-order chi connectivity index (χ0) is 19.1. The van der Waals surface area contributed by atoms with Crippen molar-refractivity contribution in [2.24, 2.45) is 5.73 Å². The zero-order valence-electron chi connectivity index (χ0n) is 15.3. The van der Waals surface area contributed by atoms with Gasteiger partial charge in [-0.05, 0) is 39.8 Å². The van der Waals surface area contributed by atoms with Crippen LogP contribution in [0.25, 0.3) is 11.0 Å². The zero-order valence-corrected chi connectivity index (χ0v) is 16.1. The fourth-order valence-corrected chi connectivity index (χ4v) is 3.69. The summed E-state index contributed by atoms with van der Waals surface area (Å²) in [6.07, 6.45) is 0.292. The number of hydrogen-bond acceptors (Lipinski definition) is 6. The van der Waals surface area contributed by atoms with Crippen molar-refractivity contribution in [3.8, 4) is 5.75 Å². The molecule has 3 aromatic rings. The van der Waals surface area contributed by atoms with Gasteiger partial charge in [-0.15, -0.1) is 11.3 Å². The van der Waals surface area contributed by atoms with E-state index in [1.54, 1.807) is 38.4 Å². The van der Waals surface area contributed by atoms with Gasteiger partial charge in [0.25, 0.3) is 5.91 Å². The van der Waals surface area contributed by atoms with E-state index in [0.717, 1.165) is 10.6 Å². The lowest BCUT2D eigenvalue weighted by molar-refractivity contribution is 0.0802. The molecular weight excluding hydrogens is 352 g/mol. The summed E-state index contributed by atoms with van der Waals surface area (Å²) in [6, 6.07) is 3.56. The fraction of sp³-hybridized carbons (Fsp3) is 0.368. The van der Waals surface area contributed by atoms with Crippen LogP contribution in [0, 0.1) is 13.8 Å². The summed E-state index contributed by atoms with van der Waals surface area (Å²) in [5, 5.41) is 11.0. The standard InChI is InChI=1S/C19H22N2O4S/c1-10-15(26-9-21-10)8-24-13-5-6-14-17(12(13)7-19(3,4)23)16(18(20)22)11(2)25-14/h5-6,9,23H,7-8H2,1-4H3,(H2,20,22). The van der Waals surface area contributed by atoms with Gasteiger partial charge in [0.2, 0.25) is 0 Å². The smallest absolute Gasteiger partial charge is 0.252 e. The highest BCUT2D eigenvalue weighted by atomic mass is 32.1. The first-order valence-electron chi connectivity index (χ1n) is 8.26. The van der Waals surface area contributed by atoms with Gasteiger partial charge in [0.05, 0.1) is 27.2 Å². The number of carbonyl (C=O) groups is 1. The van der Waals surface area contributed by atoms with Crippen LogP contribution >= 0.6 is 11.3 Å². The number of aryl methyl sites for hydroxylation is 2. The number of fused-ring (bicyclic) bond motifs is 1. The maximum Gasteiger partial charge on any atom is 0.252 e. The Morgan fingerprint density at radius 2 is 2.12 bits per heavy atom. The number of carbonyl (C=O) groups excluding carboxylic acids is 1. The minimum Gasteiger partial charge on any atom is -0.488 e. The van der Waals surface area contributed by atoms with Gasteiger partial charge in [-0.2, -0.15) is 0 Å². The van der Waals surface area contributed by atoms with Crippen molar-refractivity contribution < 1.29 is 19.1 Å². The molecule has 6 nitrogen and oxygen atoms in total. The van der Waals surface area contributed by atoms with Gasteiger partial charge in [-0.25, -0.2) is 4.98 Å². The predicted octanol–water partition coefficient (Wildman–Crippen LogP) is 3.50. The lowest BCUT2D eigenvalue weighted by atomic mass is 9.93. The molecule has 0 saturated heterocycles. The highest BCUT2D eigenvalue weighted by molar-refractivity contribution is 7.09.